The van der Waals surface area contributed by atoms with Crippen LogP contribution >= 0.6 is 0 Å². The van der Waals surface area contributed by atoms with Gasteiger partial charge in [-0.1, -0.05) is 40.5 Å². The molecule has 1 aliphatic carbocycles. The maximum atomic E-state index is 13.0. The van der Waals surface area contributed by atoms with Gasteiger partial charge in [0.05, 0.1) is 17.6 Å². The van der Waals surface area contributed by atoms with Gasteiger partial charge in [0.1, 0.15) is 6.54 Å². The van der Waals surface area contributed by atoms with E-state index in [0.717, 1.165) is 24.2 Å². The van der Waals surface area contributed by atoms with Gasteiger partial charge in [-0.25, -0.2) is 4.79 Å². The number of unbranched alkanes of at least 4 members (excludes halogenated alkanes) is 2. The smallest absolute Gasteiger partial charge is 0.338 e. The van der Waals surface area contributed by atoms with Crippen LogP contribution in [0, 0.1) is 16.7 Å². The Bertz CT molecular complexity index is 876. The Kier molecular flexibility index (Phi) is 6.53. The van der Waals surface area contributed by atoms with Crippen LogP contribution < -0.4 is 5.32 Å². The van der Waals surface area contributed by atoms with Crippen molar-refractivity contribution in [2.24, 2.45) is 16.7 Å². The number of rotatable bonds is 8. The Balaban J connectivity index is 1.58. The molecule has 2 bridgehead atoms. The number of hydrogen-bond acceptors (Lipinski definition) is 5. The summed E-state index contributed by atoms with van der Waals surface area (Å²) in [5.41, 5.74) is -0.151. The molecule has 0 radical (unpaired) electrons. The van der Waals surface area contributed by atoms with E-state index in [1.54, 1.807) is 24.3 Å². The maximum Gasteiger partial charge on any atom is 0.338 e. The van der Waals surface area contributed by atoms with Gasteiger partial charge in [-0.15, -0.1) is 0 Å². The molecule has 2 fully saturated rings. The molecule has 1 heterocycles. The molecule has 7 nitrogen and oxygen atoms in total. The third-order valence-electron chi connectivity index (χ3n) is 7.19. The van der Waals surface area contributed by atoms with E-state index in [1.807, 2.05) is 20.8 Å². The second-order valence-corrected chi connectivity index (χ2v) is 9.34. The number of likely N-dealkylation sites (tertiary alicyclic amines) is 1. The summed E-state index contributed by atoms with van der Waals surface area (Å²) in [6.07, 6.45) is 4.23. The topological polar surface area (TPSA) is 92.8 Å². The van der Waals surface area contributed by atoms with Crippen molar-refractivity contribution >= 4 is 29.4 Å². The van der Waals surface area contributed by atoms with E-state index in [9.17, 15) is 19.2 Å². The van der Waals surface area contributed by atoms with Crippen LogP contribution in [0.5, 0.6) is 0 Å². The minimum atomic E-state index is -0.634. The number of anilines is 1. The number of hydrogen-bond donors (Lipinski definition) is 1. The van der Waals surface area contributed by atoms with Gasteiger partial charge in [0.25, 0.3) is 0 Å². The molecule has 0 aromatic heterocycles. The molecule has 1 saturated heterocycles. The molecule has 1 N–H and O–H groups in total. The summed E-state index contributed by atoms with van der Waals surface area (Å²) in [6.45, 7) is 7.99. The van der Waals surface area contributed by atoms with Crippen LogP contribution in [0.1, 0.15) is 70.2 Å². The molecule has 1 aromatic carbocycles. The van der Waals surface area contributed by atoms with Gasteiger partial charge in [0, 0.05) is 11.6 Å². The van der Waals surface area contributed by atoms with E-state index >= 15 is 0 Å². The van der Waals surface area contributed by atoms with Crippen molar-refractivity contribution in [3.63, 3.8) is 0 Å². The molecule has 7 heteroatoms. The number of carbonyl (C=O) groups excluding carboxylic acids is 4. The van der Waals surface area contributed by atoms with Crippen molar-refractivity contribution < 1.29 is 23.9 Å². The summed E-state index contributed by atoms with van der Waals surface area (Å²) in [5.74, 6) is -1.62. The molecular weight excluding hydrogens is 396 g/mol. The lowest BCUT2D eigenvalue weighted by Crippen LogP contribution is -2.60. The minimum Gasteiger partial charge on any atom is -0.462 e. The number of piperidine rings is 1. The summed E-state index contributed by atoms with van der Waals surface area (Å²) in [5, 5.41) is 2.70. The Morgan fingerprint density at radius 1 is 1.13 bits per heavy atom. The lowest BCUT2D eigenvalue weighted by atomic mass is 9.62. The molecule has 2 unspecified atom stereocenters. The first-order valence-corrected chi connectivity index (χ1v) is 11.0. The molecule has 2 atom stereocenters. The lowest BCUT2D eigenvalue weighted by Gasteiger charge is -2.47. The molecule has 168 valence electrons. The normalized spacial score (nSPS) is 24.3. The van der Waals surface area contributed by atoms with Crippen LogP contribution in [-0.2, 0) is 19.1 Å². The summed E-state index contributed by atoms with van der Waals surface area (Å²) in [7, 11) is 0. The number of fused-ring (bicyclic) bond motifs is 2. The van der Waals surface area contributed by atoms with E-state index < -0.39 is 22.7 Å². The molecule has 3 rings (SSSR count). The number of benzene rings is 1. The summed E-state index contributed by atoms with van der Waals surface area (Å²) < 4.78 is 5.22. The third kappa shape index (κ3) is 4.23. The van der Waals surface area contributed by atoms with E-state index in [0.29, 0.717) is 30.7 Å². The largest absolute Gasteiger partial charge is 0.462 e. The summed E-state index contributed by atoms with van der Waals surface area (Å²) >= 11 is 0. The molecular formula is C24H32N2O5. The van der Waals surface area contributed by atoms with Crippen molar-refractivity contribution in [1.29, 1.82) is 0 Å². The zero-order valence-corrected chi connectivity index (χ0v) is 18.8. The zero-order chi connectivity index (χ0) is 22.8. The number of esters is 1. The molecule has 3 amide bonds. The van der Waals surface area contributed by atoms with Gasteiger partial charge in [-0.3, -0.25) is 19.3 Å². The molecule has 1 saturated carbocycles. The van der Waals surface area contributed by atoms with Gasteiger partial charge in [-0.05, 0) is 48.9 Å². The van der Waals surface area contributed by atoms with E-state index in [-0.39, 0.29) is 24.3 Å². The molecule has 2 aliphatic rings. The van der Waals surface area contributed by atoms with Crippen LogP contribution in [0.4, 0.5) is 5.69 Å². The highest BCUT2D eigenvalue weighted by Gasteiger charge is 2.64. The van der Waals surface area contributed by atoms with Gasteiger partial charge in [0.2, 0.25) is 17.7 Å². The summed E-state index contributed by atoms with van der Waals surface area (Å²) in [4.78, 5) is 51.6. The Labute approximate surface area is 183 Å². The molecule has 31 heavy (non-hydrogen) atoms. The average Bonchev–Trinajstić information content (AvgIpc) is 2.92. The Hall–Kier alpha value is -2.70. The predicted octanol–water partition coefficient (Wildman–Crippen LogP) is 3.78. The second-order valence-electron chi connectivity index (χ2n) is 9.34. The third-order valence-corrected chi connectivity index (χ3v) is 7.19. The SMILES string of the molecule is CCCCCOC(=O)c1ccc(NC(=O)CN2C(=O)C3CCC(C)(C2=O)C3(C)C)cc1. The highest BCUT2D eigenvalue weighted by Crippen LogP contribution is 2.59. The Morgan fingerprint density at radius 2 is 1.81 bits per heavy atom. The van der Waals surface area contributed by atoms with Crippen LogP contribution in [0.3, 0.4) is 0 Å². The zero-order valence-electron chi connectivity index (χ0n) is 18.8. The van der Waals surface area contributed by atoms with Crippen LogP contribution in [0.2, 0.25) is 0 Å². The number of nitrogens with one attached hydrogen (secondary N) is 1. The van der Waals surface area contributed by atoms with E-state index in [2.05, 4.69) is 12.2 Å². The number of carbonyl (C=O) groups is 4. The fourth-order valence-corrected chi connectivity index (χ4v) is 4.69. The van der Waals surface area contributed by atoms with Crippen molar-refractivity contribution in [2.75, 3.05) is 18.5 Å². The highest BCUT2D eigenvalue weighted by atomic mass is 16.5. The van der Waals surface area contributed by atoms with Crippen molar-refractivity contribution in [1.82, 2.24) is 4.90 Å². The van der Waals surface area contributed by atoms with Crippen LogP contribution in [0.25, 0.3) is 0 Å². The van der Waals surface area contributed by atoms with Crippen molar-refractivity contribution in [3.05, 3.63) is 29.8 Å². The number of nitrogens with zero attached hydrogens (tertiary/aromatic N) is 1. The maximum absolute atomic E-state index is 13.0. The van der Waals surface area contributed by atoms with Crippen molar-refractivity contribution in [3.8, 4) is 0 Å². The standard InChI is InChI=1S/C24H32N2O5/c1-5-6-7-14-31-21(29)16-8-10-17(11-9-16)25-19(27)15-26-20(28)18-12-13-24(4,22(26)30)23(18,2)3/h8-11,18H,5-7,12-15H2,1-4H3,(H,25,27). The van der Waals surface area contributed by atoms with E-state index in [1.165, 1.54) is 0 Å². The van der Waals surface area contributed by atoms with Crippen LogP contribution in [0.15, 0.2) is 24.3 Å². The van der Waals surface area contributed by atoms with E-state index in [4.69, 9.17) is 4.74 Å². The molecule has 1 aromatic rings. The highest BCUT2D eigenvalue weighted by molar-refractivity contribution is 6.07. The lowest BCUT2D eigenvalue weighted by molar-refractivity contribution is -0.168. The minimum absolute atomic E-state index is 0.245. The number of amides is 3. The van der Waals surface area contributed by atoms with Crippen molar-refractivity contribution in [2.45, 2.75) is 59.8 Å². The average molecular weight is 429 g/mol. The van der Waals surface area contributed by atoms with Gasteiger partial charge in [-0.2, -0.15) is 0 Å². The predicted molar refractivity (Wildman–Crippen MR) is 116 cm³/mol. The van der Waals surface area contributed by atoms with Gasteiger partial charge >= 0.3 is 5.97 Å². The molecule has 0 spiro atoms. The number of ether oxygens (including phenoxy) is 1. The molecule has 1 aliphatic heterocycles. The number of imide groups is 1. The van der Waals surface area contributed by atoms with Gasteiger partial charge < -0.3 is 10.1 Å². The van der Waals surface area contributed by atoms with Gasteiger partial charge in [0.15, 0.2) is 0 Å². The summed E-state index contributed by atoms with van der Waals surface area (Å²) in [6, 6.07) is 6.38. The monoisotopic (exact) mass is 428 g/mol. The first-order valence-electron chi connectivity index (χ1n) is 11.0. The fraction of sp³-hybridized carbons (Fsp3) is 0.583. The fourth-order valence-electron chi connectivity index (χ4n) is 4.69. The Morgan fingerprint density at radius 3 is 2.45 bits per heavy atom. The first-order chi connectivity index (χ1) is 14.6. The second kappa shape index (κ2) is 8.81. The quantitative estimate of drug-likeness (QED) is 0.386. The first kappa shape index (κ1) is 23.0. The van der Waals surface area contributed by atoms with Crippen LogP contribution in [-0.4, -0.2) is 41.7 Å².